The molecule has 0 aliphatic heterocycles. The van der Waals surface area contributed by atoms with Crippen LogP contribution in [-0.4, -0.2) is 6.18 Å². The number of hydrogen-bond donors (Lipinski definition) is 0. The lowest BCUT2D eigenvalue weighted by atomic mass is 10.1. The van der Waals surface area contributed by atoms with Crippen molar-refractivity contribution in [3.63, 3.8) is 0 Å². The quantitative estimate of drug-likeness (QED) is 0.429. The van der Waals surface area contributed by atoms with Gasteiger partial charge in [0.25, 0.3) is 11.7 Å². The Morgan fingerprint density at radius 2 is 1.36 bits per heavy atom. The van der Waals surface area contributed by atoms with E-state index in [1.807, 2.05) is 0 Å². The Kier molecular flexibility index (Phi) is 2.37. The van der Waals surface area contributed by atoms with Crippen LogP contribution in [0.1, 0.15) is 0 Å². The predicted molar refractivity (Wildman–Crippen MR) is 31.3 cm³/mol. The summed E-state index contributed by atoms with van der Waals surface area (Å²) in [5, 5.41) is 0. The van der Waals surface area contributed by atoms with E-state index in [0.717, 1.165) is 6.08 Å². The van der Waals surface area contributed by atoms with Crippen LogP contribution < -0.4 is 0 Å². The van der Waals surface area contributed by atoms with Gasteiger partial charge in [0.15, 0.2) is 0 Å². The molecule has 76 valence electrons. The van der Waals surface area contributed by atoms with Crippen molar-refractivity contribution in [3.05, 3.63) is 35.0 Å². The summed E-state index contributed by atoms with van der Waals surface area (Å²) in [5.41, 5.74) is -2.59. The summed E-state index contributed by atoms with van der Waals surface area (Å²) in [4.78, 5) is 0. The summed E-state index contributed by atoms with van der Waals surface area (Å²) in [6.45, 7) is 0. The van der Waals surface area contributed by atoms with Crippen molar-refractivity contribution < 1.29 is 30.7 Å². The number of allylic oxidation sites excluding steroid dienone is 6. The summed E-state index contributed by atoms with van der Waals surface area (Å²) >= 11 is 0. The zero-order valence-corrected chi connectivity index (χ0v) is 6.15. The minimum absolute atomic E-state index is 0.836. The fraction of sp³-hybridized carbons (Fsp3) is 0.143. The highest BCUT2D eigenvalue weighted by Gasteiger charge is 2.52. The minimum Gasteiger partial charge on any atom is -0.164 e. The lowest BCUT2D eigenvalue weighted by Gasteiger charge is -2.05. The van der Waals surface area contributed by atoms with E-state index < -0.39 is 35.1 Å². The van der Waals surface area contributed by atoms with Crippen LogP contribution in [0.15, 0.2) is 28.9 Å². The molecule has 1 aliphatic carbocycles. The molecular formula is C7F7+. The van der Waals surface area contributed by atoms with Crippen molar-refractivity contribution in [3.8, 4) is 0 Å². The molecule has 1 rings (SSSR count). The molecule has 0 bridgehead atoms. The van der Waals surface area contributed by atoms with E-state index in [9.17, 15) is 30.7 Å². The molecular weight excluding hydrogens is 217 g/mol. The zero-order valence-electron chi connectivity index (χ0n) is 6.15. The third-order valence-corrected chi connectivity index (χ3v) is 1.33. The standard InChI is InChI=1S/C7F7/c8-2-1-3(9)6(11)4(5(2)10)7(12,13)14/q+1. The molecule has 0 aromatic rings. The van der Waals surface area contributed by atoms with Gasteiger partial charge < -0.3 is 0 Å². The van der Waals surface area contributed by atoms with Crippen molar-refractivity contribution in [2.45, 2.75) is 6.18 Å². The van der Waals surface area contributed by atoms with Crippen molar-refractivity contribution in [1.82, 2.24) is 0 Å². The molecule has 0 saturated heterocycles. The van der Waals surface area contributed by atoms with Gasteiger partial charge in [-0.3, -0.25) is 0 Å². The fourth-order valence-corrected chi connectivity index (χ4v) is 0.771. The highest BCUT2D eigenvalue weighted by molar-refractivity contribution is 5.46. The lowest BCUT2D eigenvalue weighted by molar-refractivity contribution is -0.0934. The molecule has 0 fully saturated rings. The molecule has 0 radical (unpaired) electrons. The molecule has 0 aromatic carbocycles. The maximum Gasteiger partial charge on any atom is 0.447 e. The molecule has 0 nitrogen and oxygen atoms in total. The fourth-order valence-electron chi connectivity index (χ4n) is 0.771. The number of hydrogen-bond acceptors (Lipinski definition) is 0. The maximum absolute atomic E-state index is 12.4. The molecule has 7 heteroatoms. The van der Waals surface area contributed by atoms with Gasteiger partial charge in [-0.2, -0.15) is 22.0 Å². The molecule has 0 N–H and O–H groups in total. The van der Waals surface area contributed by atoms with Crippen LogP contribution >= 0.6 is 0 Å². The smallest absolute Gasteiger partial charge is 0.164 e. The Morgan fingerprint density at radius 1 is 0.857 bits per heavy atom. The van der Waals surface area contributed by atoms with Gasteiger partial charge >= 0.3 is 17.8 Å². The first-order valence-corrected chi connectivity index (χ1v) is 3.07. The molecule has 0 unspecified atom stereocenters. The van der Waals surface area contributed by atoms with Crippen LogP contribution in [0.2, 0.25) is 0 Å². The summed E-state index contributed by atoms with van der Waals surface area (Å²) in [7, 11) is 0. The highest BCUT2D eigenvalue weighted by atomic mass is 19.4. The summed E-state index contributed by atoms with van der Waals surface area (Å²) < 4.78 is 84.8. The molecule has 0 amide bonds. The third-order valence-electron chi connectivity index (χ3n) is 1.33. The Hall–Kier alpha value is -1.36. The average molecular weight is 217 g/mol. The van der Waals surface area contributed by atoms with Crippen LogP contribution in [-0.2, 0) is 0 Å². The predicted octanol–water partition coefficient (Wildman–Crippen LogP) is 3.59. The normalized spacial score (nSPS) is 18.4. The van der Waals surface area contributed by atoms with Crippen LogP contribution in [0.4, 0.5) is 30.7 Å². The lowest BCUT2D eigenvalue weighted by Crippen LogP contribution is -2.16. The van der Waals surface area contributed by atoms with E-state index in [-0.39, 0.29) is 0 Å². The first-order valence-electron chi connectivity index (χ1n) is 3.07. The summed E-state index contributed by atoms with van der Waals surface area (Å²) in [6, 6.07) is 0. The van der Waals surface area contributed by atoms with Crippen LogP contribution in [0.25, 0.3) is 0 Å². The third kappa shape index (κ3) is 1.63. The van der Waals surface area contributed by atoms with Gasteiger partial charge in [0.05, 0.1) is 0 Å². The van der Waals surface area contributed by atoms with Gasteiger partial charge in [-0.25, -0.2) is 0 Å². The second-order valence-corrected chi connectivity index (χ2v) is 2.25. The second kappa shape index (κ2) is 3.09. The molecule has 0 atom stereocenters. The van der Waals surface area contributed by atoms with Crippen LogP contribution in [0.5, 0.6) is 0 Å². The Labute approximate surface area is 73.0 Å². The topological polar surface area (TPSA) is 0 Å². The van der Waals surface area contributed by atoms with Gasteiger partial charge in [-0.15, -0.1) is 8.78 Å². The van der Waals surface area contributed by atoms with E-state index in [1.165, 1.54) is 0 Å². The van der Waals surface area contributed by atoms with Gasteiger partial charge in [0.2, 0.25) is 5.57 Å². The van der Waals surface area contributed by atoms with E-state index >= 15 is 0 Å². The van der Waals surface area contributed by atoms with E-state index in [4.69, 9.17) is 0 Å². The van der Waals surface area contributed by atoms with Crippen molar-refractivity contribution in [1.29, 1.82) is 0 Å². The summed E-state index contributed by atoms with van der Waals surface area (Å²) in [5.74, 6) is -9.43. The van der Waals surface area contributed by atoms with Gasteiger partial charge in [-0.1, -0.05) is 0 Å². The second-order valence-electron chi connectivity index (χ2n) is 2.25. The zero-order chi connectivity index (χ0) is 11.1. The molecule has 14 heavy (non-hydrogen) atoms. The largest absolute Gasteiger partial charge is 0.447 e. The molecule has 0 saturated carbocycles. The van der Waals surface area contributed by atoms with Gasteiger partial charge in [-0.05, 0) is 0 Å². The average Bonchev–Trinajstić information content (AvgIpc) is 1.98. The van der Waals surface area contributed by atoms with Crippen LogP contribution in [0.3, 0.4) is 0 Å². The monoisotopic (exact) mass is 217 g/mol. The Morgan fingerprint density at radius 3 is 1.79 bits per heavy atom. The number of rotatable bonds is 0. The Balaban J connectivity index is 3.42. The maximum atomic E-state index is 12.4. The van der Waals surface area contributed by atoms with Crippen molar-refractivity contribution >= 4 is 0 Å². The minimum atomic E-state index is -5.50. The first-order chi connectivity index (χ1) is 6.25. The van der Waals surface area contributed by atoms with Gasteiger partial charge in [0.1, 0.15) is 6.08 Å². The van der Waals surface area contributed by atoms with E-state index in [0.29, 0.717) is 0 Å². The molecule has 1 aliphatic rings. The highest BCUT2D eigenvalue weighted by Crippen LogP contribution is 2.41. The van der Waals surface area contributed by atoms with E-state index in [1.54, 1.807) is 0 Å². The van der Waals surface area contributed by atoms with E-state index in [2.05, 4.69) is 0 Å². The molecule has 0 spiro atoms. The number of alkyl halides is 3. The molecule has 0 aromatic heterocycles. The van der Waals surface area contributed by atoms with Gasteiger partial charge in [0, 0.05) is 0 Å². The molecule has 0 heterocycles. The Bertz CT molecular complexity index is 355. The summed E-state index contributed by atoms with van der Waals surface area (Å²) in [6.07, 6.45) is -4.66. The van der Waals surface area contributed by atoms with Crippen LogP contribution in [0, 0.1) is 6.08 Å². The number of halogens is 7. The SMILES string of the molecule is FC1=[C+]C(F)=C(F)C(C(F)(F)F)=C1F. The first kappa shape index (κ1) is 10.7. The van der Waals surface area contributed by atoms with Crippen molar-refractivity contribution in [2.75, 3.05) is 0 Å². The van der Waals surface area contributed by atoms with Crippen molar-refractivity contribution in [2.24, 2.45) is 0 Å².